The maximum atomic E-state index is 11.5. The van der Waals surface area contributed by atoms with E-state index in [1.807, 2.05) is 24.3 Å². The second-order valence-electron chi connectivity index (χ2n) is 6.57. The van der Waals surface area contributed by atoms with Crippen LogP contribution in [0.3, 0.4) is 0 Å². The smallest absolute Gasteiger partial charge is 0.220 e. The van der Waals surface area contributed by atoms with Gasteiger partial charge in [0.2, 0.25) is 5.91 Å². The molecule has 126 valence electrons. The van der Waals surface area contributed by atoms with Gasteiger partial charge >= 0.3 is 0 Å². The van der Waals surface area contributed by atoms with Gasteiger partial charge in [0.05, 0.1) is 11.4 Å². The van der Waals surface area contributed by atoms with Gasteiger partial charge in [-0.3, -0.25) is 9.69 Å². The number of rotatable bonds is 2. The molecule has 2 aromatic rings. The van der Waals surface area contributed by atoms with Crippen molar-refractivity contribution in [3.05, 3.63) is 40.7 Å². The Labute approximate surface area is 146 Å². The molecule has 2 aliphatic rings. The standard InChI is InChI=1S/C18H21ClN4O/c19-13-3-1-12(2-4-13)18-21-15-8-10-23(11-16(15)22-18)14-5-6-17(24)20-9-7-14/h1-4,14H,5-11H2,(H,20,24)(H,21,22)/t14-/m1/s1. The fraction of sp³-hybridized carbons (Fsp3) is 0.444. The number of fused-ring (bicyclic) bond motifs is 1. The van der Waals surface area contributed by atoms with Crippen LogP contribution >= 0.6 is 11.6 Å². The molecule has 1 aromatic heterocycles. The highest BCUT2D eigenvalue weighted by Crippen LogP contribution is 2.26. The van der Waals surface area contributed by atoms with Crippen LogP contribution in [0.5, 0.6) is 0 Å². The monoisotopic (exact) mass is 344 g/mol. The summed E-state index contributed by atoms with van der Waals surface area (Å²) in [5.41, 5.74) is 3.43. The number of aromatic amines is 1. The number of nitrogens with one attached hydrogen (secondary N) is 2. The average molecular weight is 345 g/mol. The first-order chi connectivity index (χ1) is 11.7. The molecule has 6 heteroatoms. The number of imidazole rings is 1. The fourth-order valence-corrected chi connectivity index (χ4v) is 3.77. The highest BCUT2D eigenvalue weighted by molar-refractivity contribution is 6.30. The zero-order chi connectivity index (χ0) is 16.5. The van der Waals surface area contributed by atoms with E-state index in [-0.39, 0.29) is 5.91 Å². The molecule has 24 heavy (non-hydrogen) atoms. The lowest BCUT2D eigenvalue weighted by atomic mass is 10.0. The first kappa shape index (κ1) is 15.7. The lowest BCUT2D eigenvalue weighted by Gasteiger charge is -2.33. The molecule has 0 aliphatic carbocycles. The second-order valence-corrected chi connectivity index (χ2v) is 7.01. The molecule has 1 amide bonds. The van der Waals surface area contributed by atoms with Crippen LogP contribution in [0.15, 0.2) is 24.3 Å². The molecule has 0 bridgehead atoms. The quantitative estimate of drug-likeness (QED) is 0.880. The van der Waals surface area contributed by atoms with E-state index in [1.54, 1.807) is 0 Å². The molecule has 0 unspecified atom stereocenters. The van der Waals surface area contributed by atoms with Gasteiger partial charge in [-0.1, -0.05) is 11.6 Å². The third-order valence-corrected chi connectivity index (χ3v) is 5.25. The van der Waals surface area contributed by atoms with Crippen molar-refractivity contribution >= 4 is 17.5 Å². The third-order valence-electron chi connectivity index (χ3n) is 5.00. The number of aromatic nitrogens is 2. The molecule has 1 saturated heterocycles. The van der Waals surface area contributed by atoms with Crippen molar-refractivity contribution < 1.29 is 4.79 Å². The molecular weight excluding hydrogens is 324 g/mol. The Morgan fingerprint density at radius 2 is 2.00 bits per heavy atom. The van der Waals surface area contributed by atoms with Crippen molar-refractivity contribution in [1.82, 2.24) is 20.2 Å². The van der Waals surface area contributed by atoms with Gasteiger partial charge < -0.3 is 10.3 Å². The van der Waals surface area contributed by atoms with Gasteiger partial charge in [-0.25, -0.2) is 4.98 Å². The third kappa shape index (κ3) is 3.19. The lowest BCUT2D eigenvalue weighted by molar-refractivity contribution is -0.120. The van der Waals surface area contributed by atoms with E-state index in [4.69, 9.17) is 16.6 Å². The van der Waals surface area contributed by atoms with Crippen molar-refractivity contribution in [2.24, 2.45) is 0 Å². The van der Waals surface area contributed by atoms with Gasteiger partial charge in [0.1, 0.15) is 5.82 Å². The summed E-state index contributed by atoms with van der Waals surface area (Å²) in [5.74, 6) is 1.10. The Bertz CT molecular complexity index is 740. The number of H-pyrrole nitrogens is 1. The number of hydrogen-bond acceptors (Lipinski definition) is 3. The molecule has 0 radical (unpaired) electrons. The van der Waals surface area contributed by atoms with Gasteiger partial charge in [-0.2, -0.15) is 0 Å². The lowest BCUT2D eigenvalue weighted by Crippen LogP contribution is -2.39. The first-order valence-electron chi connectivity index (χ1n) is 8.53. The normalized spacial score (nSPS) is 21.9. The molecule has 1 atom stereocenters. The van der Waals surface area contributed by atoms with Crippen LogP contribution in [0.2, 0.25) is 5.02 Å². The molecule has 3 heterocycles. The number of halogens is 1. The Kier molecular flexibility index (Phi) is 4.29. The fourth-order valence-electron chi connectivity index (χ4n) is 3.64. The average Bonchev–Trinajstić information content (AvgIpc) is 2.89. The van der Waals surface area contributed by atoms with Gasteiger partial charge in [0.15, 0.2) is 0 Å². The maximum absolute atomic E-state index is 11.5. The molecule has 0 saturated carbocycles. The highest BCUT2D eigenvalue weighted by atomic mass is 35.5. The summed E-state index contributed by atoms with van der Waals surface area (Å²) < 4.78 is 0. The molecule has 4 rings (SSSR count). The van der Waals surface area contributed by atoms with Crippen LogP contribution in [-0.4, -0.2) is 39.9 Å². The van der Waals surface area contributed by atoms with E-state index >= 15 is 0 Å². The summed E-state index contributed by atoms with van der Waals surface area (Å²) in [6, 6.07) is 8.24. The number of carbonyl (C=O) groups is 1. The predicted octanol–water partition coefficient (Wildman–Crippen LogP) is 2.76. The molecule has 2 aliphatic heterocycles. The molecule has 5 nitrogen and oxygen atoms in total. The Hall–Kier alpha value is -1.85. The minimum absolute atomic E-state index is 0.182. The summed E-state index contributed by atoms with van der Waals surface area (Å²) in [7, 11) is 0. The van der Waals surface area contributed by atoms with Crippen LogP contribution in [0.25, 0.3) is 11.4 Å². The van der Waals surface area contributed by atoms with Crippen molar-refractivity contribution in [1.29, 1.82) is 0 Å². The van der Waals surface area contributed by atoms with Crippen LogP contribution in [0, 0.1) is 0 Å². The molecule has 0 spiro atoms. The van der Waals surface area contributed by atoms with E-state index in [2.05, 4.69) is 15.2 Å². The summed E-state index contributed by atoms with van der Waals surface area (Å²) in [4.78, 5) is 22.3. The van der Waals surface area contributed by atoms with Gasteiger partial charge in [-0.05, 0) is 37.1 Å². The minimum Gasteiger partial charge on any atom is -0.356 e. The van der Waals surface area contributed by atoms with Crippen molar-refractivity contribution in [2.45, 2.75) is 38.3 Å². The molecule has 1 aromatic carbocycles. The zero-order valence-corrected chi connectivity index (χ0v) is 14.3. The van der Waals surface area contributed by atoms with Gasteiger partial charge in [-0.15, -0.1) is 0 Å². The molecule has 2 N–H and O–H groups in total. The number of nitrogens with zero attached hydrogens (tertiary/aromatic N) is 2. The van der Waals surface area contributed by atoms with Gasteiger partial charge in [0, 0.05) is 49.1 Å². The van der Waals surface area contributed by atoms with Crippen molar-refractivity contribution in [3.8, 4) is 11.4 Å². The van der Waals surface area contributed by atoms with Gasteiger partial charge in [0.25, 0.3) is 0 Å². The second kappa shape index (κ2) is 6.57. The van der Waals surface area contributed by atoms with Crippen LogP contribution in [0.1, 0.15) is 30.7 Å². The number of amides is 1. The summed E-state index contributed by atoms with van der Waals surface area (Å²) >= 11 is 5.96. The Morgan fingerprint density at radius 1 is 1.17 bits per heavy atom. The van der Waals surface area contributed by atoms with Crippen molar-refractivity contribution in [3.63, 3.8) is 0 Å². The van der Waals surface area contributed by atoms with E-state index in [9.17, 15) is 4.79 Å². The Balaban J connectivity index is 1.51. The first-order valence-corrected chi connectivity index (χ1v) is 8.91. The van der Waals surface area contributed by atoms with Crippen LogP contribution < -0.4 is 5.32 Å². The maximum Gasteiger partial charge on any atom is 0.220 e. The van der Waals surface area contributed by atoms with Crippen LogP contribution in [0.4, 0.5) is 0 Å². The van der Waals surface area contributed by atoms with Crippen molar-refractivity contribution in [2.75, 3.05) is 13.1 Å². The zero-order valence-electron chi connectivity index (χ0n) is 13.5. The SMILES string of the molecule is O=C1CC[C@@H](N2CCc3nc(-c4ccc(Cl)cc4)[nH]c3C2)CCN1. The summed E-state index contributed by atoms with van der Waals surface area (Å²) in [6.45, 7) is 2.68. The number of hydrogen-bond donors (Lipinski definition) is 2. The topological polar surface area (TPSA) is 61.0 Å². The van der Waals surface area contributed by atoms with E-state index in [1.165, 1.54) is 11.4 Å². The summed E-state index contributed by atoms with van der Waals surface area (Å²) in [6.07, 6.45) is 3.56. The minimum atomic E-state index is 0.182. The molecular formula is C18H21ClN4O. The largest absolute Gasteiger partial charge is 0.356 e. The summed E-state index contributed by atoms with van der Waals surface area (Å²) in [5, 5.41) is 3.70. The number of benzene rings is 1. The number of carbonyl (C=O) groups excluding carboxylic acids is 1. The molecule has 1 fully saturated rings. The highest BCUT2D eigenvalue weighted by Gasteiger charge is 2.27. The van der Waals surface area contributed by atoms with E-state index in [0.717, 1.165) is 55.3 Å². The van der Waals surface area contributed by atoms with E-state index in [0.29, 0.717) is 12.5 Å². The van der Waals surface area contributed by atoms with E-state index < -0.39 is 0 Å². The predicted molar refractivity (Wildman–Crippen MR) is 93.8 cm³/mol. The van der Waals surface area contributed by atoms with Crippen LogP contribution in [-0.2, 0) is 17.8 Å². The Morgan fingerprint density at radius 3 is 2.83 bits per heavy atom.